The van der Waals surface area contributed by atoms with Crippen molar-refractivity contribution in [2.24, 2.45) is 0 Å². The maximum atomic E-state index is 10.3. The smallest absolute Gasteiger partial charge is 0.161 e. The van der Waals surface area contributed by atoms with E-state index < -0.39 is 6.10 Å². The number of hydrogen-bond donors (Lipinski definition) is 3. The van der Waals surface area contributed by atoms with E-state index in [9.17, 15) is 5.11 Å². The van der Waals surface area contributed by atoms with Crippen LogP contribution in [0.15, 0.2) is 63.5 Å². The van der Waals surface area contributed by atoms with Crippen molar-refractivity contribution >= 4 is 53.7 Å². The Labute approximate surface area is 203 Å². The molecule has 0 aliphatic heterocycles. The summed E-state index contributed by atoms with van der Waals surface area (Å²) in [5.74, 6) is 2.09. The van der Waals surface area contributed by atoms with Gasteiger partial charge in [0.1, 0.15) is 25.1 Å². The third-order valence-electron chi connectivity index (χ3n) is 5.04. The second kappa shape index (κ2) is 10.6. The molecule has 6 nitrogen and oxygen atoms in total. The van der Waals surface area contributed by atoms with Gasteiger partial charge in [0.15, 0.2) is 11.5 Å². The number of para-hydroxylation sites is 2. The number of fused-ring (bicyclic) bond motifs is 3. The molecule has 8 heteroatoms. The molecule has 0 amide bonds. The molecule has 0 fully saturated rings. The van der Waals surface area contributed by atoms with Crippen LogP contribution < -0.4 is 19.5 Å². The minimum absolute atomic E-state index is 0.177. The summed E-state index contributed by atoms with van der Waals surface area (Å²) in [6.07, 6.45) is -0.652. The molecule has 0 aliphatic rings. The molecule has 32 heavy (non-hydrogen) atoms. The Morgan fingerprint density at radius 1 is 0.969 bits per heavy atom. The standard InChI is InChI=1S/C24H24Br2N2O4/c1-30-20-4-2-3-5-21(20)31-11-10-27-13-16(29)14-32-22-9-8-19-23(24(22)26)17-12-15(25)6-7-18(17)28-19/h2-9,12,16,27-29H,10-11,13-14H2,1H3. The second-order valence-corrected chi connectivity index (χ2v) is 8.99. The van der Waals surface area contributed by atoms with Gasteiger partial charge in [-0.25, -0.2) is 0 Å². The van der Waals surface area contributed by atoms with Crippen molar-refractivity contribution < 1.29 is 19.3 Å². The average molecular weight is 564 g/mol. The largest absolute Gasteiger partial charge is 0.493 e. The highest BCUT2D eigenvalue weighted by molar-refractivity contribution is 9.11. The molecular formula is C24H24Br2N2O4. The molecule has 4 rings (SSSR count). The summed E-state index contributed by atoms with van der Waals surface area (Å²) in [7, 11) is 1.62. The number of rotatable bonds is 10. The number of aromatic nitrogens is 1. The van der Waals surface area contributed by atoms with Crippen molar-refractivity contribution in [2.75, 3.05) is 33.4 Å². The lowest BCUT2D eigenvalue weighted by Gasteiger charge is -2.15. The molecule has 0 aliphatic carbocycles. The number of halogens is 2. The Morgan fingerprint density at radius 2 is 1.75 bits per heavy atom. The van der Waals surface area contributed by atoms with Crippen LogP contribution in [0.1, 0.15) is 0 Å². The van der Waals surface area contributed by atoms with Crippen molar-refractivity contribution in [2.45, 2.75) is 6.10 Å². The molecular weight excluding hydrogens is 540 g/mol. The molecule has 4 aromatic rings. The van der Waals surface area contributed by atoms with Crippen molar-refractivity contribution in [1.82, 2.24) is 10.3 Å². The fourth-order valence-corrected chi connectivity index (χ4v) is 4.53. The van der Waals surface area contributed by atoms with Gasteiger partial charge in [0.25, 0.3) is 0 Å². The highest BCUT2D eigenvalue weighted by Crippen LogP contribution is 2.38. The third kappa shape index (κ3) is 5.20. The monoisotopic (exact) mass is 562 g/mol. The van der Waals surface area contributed by atoms with Crippen LogP contribution in [0.5, 0.6) is 17.2 Å². The molecule has 0 saturated carbocycles. The lowest BCUT2D eigenvalue weighted by Crippen LogP contribution is -2.33. The molecule has 3 aromatic carbocycles. The van der Waals surface area contributed by atoms with Crippen molar-refractivity contribution in [3.8, 4) is 17.2 Å². The van der Waals surface area contributed by atoms with Gasteiger partial charge in [0.2, 0.25) is 0 Å². The van der Waals surface area contributed by atoms with Gasteiger partial charge in [0.05, 0.1) is 11.6 Å². The van der Waals surface area contributed by atoms with Gasteiger partial charge in [-0.1, -0.05) is 28.1 Å². The van der Waals surface area contributed by atoms with Crippen LogP contribution in [-0.4, -0.2) is 49.6 Å². The normalized spacial score (nSPS) is 12.2. The van der Waals surface area contributed by atoms with E-state index in [2.05, 4.69) is 48.2 Å². The number of aromatic amines is 1. The molecule has 0 saturated heterocycles. The van der Waals surface area contributed by atoms with E-state index in [0.29, 0.717) is 36.9 Å². The maximum absolute atomic E-state index is 10.3. The lowest BCUT2D eigenvalue weighted by molar-refractivity contribution is 0.105. The molecule has 0 bridgehead atoms. The van der Waals surface area contributed by atoms with Crippen molar-refractivity contribution in [3.63, 3.8) is 0 Å². The van der Waals surface area contributed by atoms with Gasteiger partial charge in [-0.15, -0.1) is 0 Å². The van der Waals surface area contributed by atoms with E-state index in [4.69, 9.17) is 14.2 Å². The van der Waals surface area contributed by atoms with Crippen LogP contribution in [0.4, 0.5) is 0 Å². The second-order valence-electron chi connectivity index (χ2n) is 7.28. The van der Waals surface area contributed by atoms with Crippen molar-refractivity contribution in [3.05, 3.63) is 63.5 Å². The molecule has 168 valence electrons. The Morgan fingerprint density at radius 3 is 2.56 bits per heavy atom. The van der Waals surface area contributed by atoms with Gasteiger partial charge < -0.3 is 29.6 Å². The van der Waals surface area contributed by atoms with Gasteiger partial charge in [0, 0.05) is 39.4 Å². The van der Waals surface area contributed by atoms with Crippen LogP contribution in [0.2, 0.25) is 0 Å². The third-order valence-corrected chi connectivity index (χ3v) is 6.32. The highest BCUT2D eigenvalue weighted by atomic mass is 79.9. The first kappa shape index (κ1) is 22.9. The van der Waals surface area contributed by atoms with Crippen LogP contribution in [-0.2, 0) is 0 Å². The predicted octanol–water partition coefficient (Wildman–Crippen LogP) is 5.26. The van der Waals surface area contributed by atoms with Gasteiger partial charge in [-0.2, -0.15) is 0 Å². The van der Waals surface area contributed by atoms with E-state index in [1.165, 1.54) is 0 Å². The number of nitrogens with one attached hydrogen (secondary N) is 2. The minimum atomic E-state index is -0.652. The molecule has 0 spiro atoms. The minimum Gasteiger partial charge on any atom is -0.493 e. The quantitative estimate of drug-likeness (QED) is 0.229. The first-order valence-corrected chi connectivity index (χ1v) is 11.8. The Bertz CT molecular complexity index is 1210. The molecule has 1 heterocycles. The zero-order valence-electron chi connectivity index (χ0n) is 17.5. The van der Waals surface area contributed by atoms with Crippen LogP contribution in [0, 0.1) is 0 Å². The van der Waals surface area contributed by atoms with Crippen molar-refractivity contribution in [1.29, 1.82) is 0 Å². The van der Waals surface area contributed by atoms with E-state index in [-0.39, 0.29) is 6.61 Å². The van der Waals surface area contributed by atoms with E-state index in [1.807, 2.05) is 48.5 Å². The summed E-state index contributed by atoms with van der Waals surface area (Å²) in [4.78, 5) is 3.41. The zero-order chi connectivity index (χ0) is 22.5. The molecule has 0 radical (unpaired) electrons. The number of hydrogen-bond acceptors (Lipinski definition) is 5. The maximum Gasteiger partial charge on any atom is 0.161 e. The summed E-state index contributed by atoms with van der Waals surface area (Å²) in [6.45, 7) is 1.63. The van der Waals surface area contributed by atoms with E-state index >= 15 is 0 Å². The Kier molecular flexibility index (Phi) is 7.57. The summed E-state index contributed by atoms with van der Waals surface area (Å²) < 4.78 is 18.8. The number of methoxy groups -OCH3 is 1. The van der Waals surface area contributed by atoms with Gasteiger partial charge in [-0.3, -0.25) is 0 Å². The summed E-state index contributed by atoms with van der Waals surface area (Å²) in [5.41, 5.74) is 2.08. The first-order chi connectivity index (χ1) is 15.6. The Balaban J connectivity index is 1.28. The zero-order valence-corrected chi connectivity index (χ0v) is 20.7. The fourth-order valence-electron chi connectivity index (χ4n) is 3.50. The van der Waals surface area contributed by atoms with E-state index in [0.717, 1.165) is 30.8 Å². The Hall–Kier alpha value is -2.26. The van der Waals surface area contributed by atoms with Crippen LogP contribution in [0.3, 0.4) is 0 Å². The molecule has 1 atom stereocenters. The number of benzene rings is 3. The van der Waals surface area contributed by atoms with E-state index in [1.54, 1.807) is 7.11 Å². The first-order valence-electron chi connectivity index (χ1n) is 10.2. The lowest BCUT2D eigenvalue weighted by atomic mass is 10.1. The van der Waals surface area contributed by atoms with Gasteiger partial charge >= 0.3 is 0 Å². The van der Waals surface area contributed by atoms with Crippen LogP contribution >= 0.6 is 31.9 Å². The van der Waals surface area contributed by atoms with Crippen LogP contribution in [0.25, 0.3) is 21.8 Å². The number of H-pyrrole nitrogens is 1. The number of aliphatic hydroxyl groups is 1. The molecule has 3 N–H and O–H groups in total. The molecule has 1 aromatic heterocycles. The summed E-state index contributed by atoms with van der Waals surface area (Å²) in [5, 5.41) is 15.6. The summed E-state index contributed by atoms with van der Waals surface area (Å²) in [6, 6.07) is 17.5. The summed E-state index contributed by atoms with van der Waals surface area (Å²) >= 11 is 7.22. The SMILES string of the molecule is COc1ccccc1OCCNCC(O)COc1ccc2[nH]c3ccc(Br)cc3c2c1Br. The topological polar surface area (TPSA) is 75.7 Å². The average Bonchev–Trinajstić information content (AvgIpc) is 3.17. The number of ether oxygens (including phenoxy) is 3. The predicted molar refractivity (Wildman–Crippen MR) is 134 cm³/mol. The number of aliphatic hydroxyl groups excluding tert-OH is 1. The molecule has 1 unspecified atom stereocenters. The highest BCUT2D eigenvalue weighted by Gasteiger charge is 2.14. The fraction of sp³-hybridized carbons (Fsp3) is 0.250. The van der Waals surface area contributed by atoms with Gasteiger partial charge in [-0.05, 0) is 58.4 Å².